The molecule has 0 aromatic heterocycles. The van der Waals surface area contributed by atoms with Crippen molar-refractivity contribution < 1.29 is 4.74 Å². The second-order valence-corrected chi connectivity index (χ2v) is 8.11. The minimum Gasteiger partial charge on any atom is -0.379 e. The van der Waals surface area contributed by atoms with Gasteiger partial charge in [-0.25, -0.2) is 0 Å². The van der Waals surface area contributed by atoms with Crippen molar-refractivity contribution in [3.8, 4) is 0 Å². The Kier molecular flexibility index (Phi) is 9.98. The quantitative estimate of drug-likeness (QED) is 0.365. The zero-order valence-electron chi connectivity index (χ0n) is 16.8. The van der Waals surface area contributed by atoms with Gasteiger partial charge in [-0.1, -0.05) is 13.8 Å². The van der Waals surface area contributed by atoms with Crippen molar-refractivity contribution >= 4 is 29.9 Å². The molecule has 25 heavy (non-hydrogen) atoms. The summed E-state index contributed by atoms with van der Waals surface area (Å²) in [5.41, 5.74) is 0.188. The Morgan fingerprint density at radius 2 is 1.92 bits per heavy atom. The zero-order chi connectivity index (χ0) is 17.6. The van der Waals surface area contributed by atoms with Crippen LogP contribution in [0, 0.1) is 5.41 Å². The number of ether oxygens (including phenoxy) is 1. The molecule has 0 spiro atoms. The number of nitrogens with zero attached hydrogens (tertiary/aromatic N) is 4. The Labute approximate surface area is 171 Å². The number of morpholine rings is 1. The molecule has 0 aromatic carbocycles. The lowest BCUT2D eigenvalue weighted by atomic mass is 9.93. The number of likely N-dealkylation sites (tertiary alicyclic amines) is 1. The van der Waals surface area contributed by atoms with Crippen LogP contribution in [0.5, 0.6) is 0 Å². The summed E-state index contributed by atoms with van der Waals surface area (Å²) in [6, 6.07) is 0.646. The van der Waals surface area contributed by atoms with E-state index in [1.807, 2.05) is 0 Å². The van der Waals surface area contributed by atoms with Crippen LogP contribution < -0.4 is 5.32 Å². The molecular formula is C18H38IN5O. The fraction of sp³-hybridized carbons (Fsp3) is 0.944. The predicted octanol–water partition coefficient (Wildman–Crippen LogP) is 1.56. The maximum absolute atomic E-state index is 5.48. The highest BCUT2D eigenvalue weighted by Crippen LogP contribution is 2.19. The van der Waals surface area contributed by atoms with Crippen molar-refractivity contribution in [2.24, 2.45) is 10.4 Å². The van der Waals surface area contributed by atoms with E-state index >= 15 is 0 Å². The summed E-state index contributed by atoms with van der Waals surface area (Å²) < 4.78 is 5.48. The first-order valence-corrected chi connectivity index (χ1v) is 9.41. The van der Waals surface area contributed by atoms with E-state index in [9.17, 15) is 0 Å². The van der Waals surface area contributed by atoms with Gasteiger partial charge < -0.3 is 19.9 Å². The first-order valence-electron chi connectivity index (χ1n) is 9.41. The van der Waals surface area contributed by atoms with Crippen molar-refractivity contribution in [1.82, 2.24) is 20.0 Å². The molecule has 0 saturated carbocycles. The van der Waals surface area contributed by atoms with Crippen LogP contribution in [-0.2, 0) is 4.74 Å². The largest absolute Gasteiger partial charge is 0.379 e. The summed E-state index contributed by atoms with van der Waals surface area (Å²) in [7, 11) is 4.26. The van der Waals surface area contributed by atoms with E-state index in [4.69, 9.17) is 9.73 Å². The van der Waals surface area contributed by atoms with E-state index in [1.165, 1.54) is 6.42 Å². The Morgan fingerprint density at radius 3 is 2.52 bits per heavy atom. The molecular weight excluding hydrogens is 429 g/mol. The van der Waals surface area contributed by atoms with Crippen molar-refractivity contribution in [3.63, 3.8) is 0 Å². The summed E-state index contributed by atoms with van der Waals surface area (Å²) in [5, 5.41) is 3.49. The Hall–Kier alpha value is -0.120. The van der Waals surface area contributed by atoms with E-state index in [-0.39, 0.29) is 29.4 Å². The number of rotatable bonds is 6. The van der Waals surface area contributed by atoms with Gasteiger partial charge in [0.2, 0.25) is 0 Å². The molecule has 2 fully saturated rings. The molecule has 0 radical (unpaired) electrons. The standard InChI is InChI=1S/C18H37N5O.HI/c1-6-19-17(20-14-18(2,3)15-21(4)5)23-8-7-16(13-23)22-9-11-24-12-10-22;/h16H,6-15H2,1-5H3,(H,19,20);1H. The molecule has 0 aromatic rings. The van der Waals surface area contributed by atoms with E-state index < -0.39 is 0 Å². The van der Waals surface area contributed by atoms with Crippen molar-refractivity contribution in [2.75, 3.05) is 73.1 Å². The molecule has 1 N–H and O–H groups in total. The molecule has 6 nitrogen and oxygen atoms in total. The third-order valence-corrected chi connectivity index (χ3v) is 4.76. The Bertz CT molecular complexity index is 410. The summed E-state index contributed by atoms with van der Waals surface area (Å²) in [6.45, 7) is 15.6. The molecule has 2 heterocycles. The summed E-state index contributed by atoms with van der Waals surface area (Å²) in [6.07, 6.45) is 1.23. The number of aliphatic imine (C=N–C) groups is 1. The maximum atomic E-state index is 5.48. The van der Waals surface area contributed by atoms with E-state index in [0.29, 0.717) is 6.04 Å². The van der Waals surface area contributed by atoms with Gasteiger partial charge >= 0.3 is 0 Å². The van der Waals surface area contributed by atoms with Crippen LogP contribution in [0.4, 0.5) is 0 Å². The average Bonchev–Trinajstić information content (AvgIpc) is 3.01. The van der Waals surface area contributed by atoms with Crippen molar-refractivity contribution in [1.29, 1.82) is 0 Å². The fourth-order valence-electron chi connectivity index (χ4n) is 3.80. The van der Waals surface area contributed by atoms with Crippen LogP contribution in [0.1, 0.15) is 27.2 Å². The highest BCUT2D eigenvalue weighted by Gasteiger charge is 2.30. The molecule has 2 aliphatic rings. The number of nitrogens with one attached hydrogen (secondary N) is 1. The molecule has 0 aliphatic carbocycles. The molecule has 148 valence electrons. The third kappa shape index (κ3) is 7.56. The number of hydrogen-bond acceptors (Lipinski definition) is 4. The Morgan fingerprint density at radius 1 is 1.24 bits per heavy atom. The van der Waals surface area contributed by atoms with E-state index in [1.54, 1.807) is 0 Å². The lowest BCUT2D eigenvalue weighted by Crippen LogP contribution is -2.47. The lowest BCUT2D eigenvalue weighted by Gasteiger charge is -2.32. The lowest BCUT2D eigenvalue weighted by molar-refractivity contribution is 0.0195. The van der Waals surface area contributed by atoms with Gasteiger partial charge in [0.25, 0.3) is 0 Å². The van der Waals surface area contributed by atoms with Gasteiger partial charge in [0.1, 0.15) is 0 Å². The molecule has 0 bridgehead atoms. The topological polar surface area (TPSA) is 43.3 Å². The summed E-state index contributed by atoms with van der Waals surface area (Å²) in [5.74, 6) is 1.08. The van der Waals surface area contributed by atoms with Crippen LogP contribution in [-0.4, -0.2) is 99.8 Å². The maximum Gasteiger partial charge on any atom is 0.193 e. The van der Waals surface area contributed by atoms with Gasteiger partial charge in [0, 0.05) is 51.9 Å². The van der Waals surface area contributed by atoms with Crippen LogP contribution in [0.2, 0.25) is 0 Å². The third-order valence-electron chi connectivity index (χ3n) is 4.76. The van der Waals surface area contributed by atoms with Crippen LogP contribution >= 0.6 is 24.0 Å². The van der Waals surface area contributed by atoms with Crippen LogP contribution in [0.25, 0.3) is 0 Å². The molecule has 2 saturated heterocycles. The zero-order valence-corrected chi connectivity index (χ0v) is 19.1. The number of hydrogen-bond donors (Lipinski definition) is 1. The van der Waals surface area contributed by atoms with Crippen LogP contribution in [0.3, 0.4) is 0 Å². The second kappa shape index (κ2) is 10.9. The molecule has 2 aliphatic heterocycles. The highest BCUT2D eigenvalue weighted by molar-refractivity contribution is 14.0. The monoisotopic (exact) mass is 467 g/mol. The SMILES string of the molecule is CCNC(=NCC(C)(C)CN(C)C)N1CCC(N2CCOCC2)C1.I. The van der Waals surface area contributed by atoms with E-state index in [2.05, 4.69) is 54.9 Å². The average molecular weight is 467 g/mol. The first kappa shape index (κ1) is 22.9. The summed E-state index contributed by atoms with van der Waals surface area (Å²) in [4.78, 5) is 12.2. The van der Waals surface area contributed by atoms with Gasteiger partial charge in [-0.3, -0.25) is 9.89 Å². The van der Waals surface area contributed by atoms with Gasteiger partial charge in [0.05, 0.1) is 13.2 Å². The minimum absolute atomic E-state index is 0. The van der Waals surface area contributed by atoms with Gasteiger partial charge in [-0.05, 0) is 32.9 Å². The molecule has 0 amide bonds. The normalized spacial score (nSPS) is 23.0. The predicted molar refractivity (Wildman–Crippen MR) is 116 cm³/mol. The smallest absolute Gasteiger partial charge is 0.193 e. The molecule has 2 rings (SSSR count). The molecule has 1 atom stereocenters. The Balaban J connectivity index is 0.00000312. The van der Waals surface area contributed by atoms with Crippen molar-refractivity contribution in [3.05, 3.63) is 0 Å². The molecule has 1 unspecified atom stereocenters. The van der Waals surface area contributed by atoms with Gasteiger partial charge in [0.15, 0.2) is 5.96 Å². The van der Waals surface area contributed by atoms with Crippen molar-refractivity contribution in [2.45, 2.75) is 33.2 Å². The van der Waals surface area contributed by atoms with Gasteiger partial charge in [-0.15, -0.1) is 24.0 Å². The fourth-order valence-corrected chi connectivity index (χ4v) is 3.80. The minimum atomic E-state index is 0. The van der Waals surface area contributed by atoms with Gasteiger partial charge in [-0.2, -0.15) is 0 Å². The van der Waals surface area contributed by atoms with Crippen LogP contribution in [0.15, 0.2) is 4.99 Å². The first-order chi connectivity index (χ1) is 11.4. The highest BCUT2D eigenvalue weighted by atomic mass is 127. The number of guanidine groups is 1. The van der Waals surface area contributed by atoms with E-state index in [0.717, 1.165) is 65.0 Å². The summed E-state index contributed by atoms with van der Waals surface area (Å²) >= 11 is 0. The molecule has 7 heteroatoms. The number of halogens is 1. The second-order valence-electron chi connectivity index (χ2n) is 8.11.